The van der Waals surface area contributed by atoms with Crippen molar-refractivity contribution in [2.45, 2.75) is 19.8 Å². The number of halogens is 1. The second kappa shape index (κ2) is 5.09. The van der Waals surface area contributed by atoms with Crippen molar-refractivity contribution >= 4 is 34.1 Å². The van der Waals surface area contributed by atoms with Gasteiger partial charge < -0.3 is 5.32 Å². The Hall–Kier alpha value is -2.14. The van der Waals surface area contributed by atoms with Gasteiger partial charge in [0.25, 0.3) is 0 Å². The molecule has 3 aromatic rings. The van der Waals surface area contributed by atoms with Gasteiger partial charge in [0.1, 0.15) is 10.8 Å². The first-order valence-electron chi connectivity index (χ1n) is 6.37. The van der Waals surface area contributed by atoms with E-state index in [1.165, 1.54) is 0 Å². The van der Waals surface area contributed by atoms with Crippen LogP contribution in [-0.2, 0) is 0 Å². The summed E-state index contributed by atoms with van der Waals surface area (Å²) in [4.78, 5) is 8.66. The van der Waals surface area contributed by atoms with Crippen molar-refractivity contribution in [2.24, 2.45) is 0 Å². The van der Waals surface area contributed by atoms with Crippen LogP contribution in [0.5, 0.6) is 0 Å². The molecule has 0 aliphatic rings. The molecule has 0 atom stereocenters. The number of aromatic nitrogens is 4. The fourth-order valence-corrected chi connectivity index (χ4v) is 2.06. The van der Waals surface area contributed by atoms with Crippen molar-refractivity contribution in [1.29, 1.82) is 0 Å². The predicted molar refractivity (Wildman–Crippen MR) is 80.5 cm³/mol. The lowest BCUT2D eigenvalue weighted by Gasteiger charge is -2.08. The predicted octanol–water partition coefficient (Wildman–Crippen LogP) is 3.87. The lowest BCUT2D eigenvalue weighted by Crippen LogP contribution is -2.02. The summed E-state index contributed by atoms with van der Waals surface area (Å²) in [5.41, 5.74) is 0.962. The zero-order valence-corrected chi connectivity index (χ0v) is 11.9. The number of benzene rings is 1. The number of H-pyrrole nitrogens is 1. The van der Waals surface area contributed by atoms with Crippen LogP contribution in [0, 0.1) is 0 Å². The molecule has 0 radical (unpaired) electrons. The van der Waals surface area contributed by atoms with Crippen LogP contribution in [0.4, 0.5) is 11.6 Å². The topological polar surface area (TPSA) is 66.5 Å². The Balaban J connectivity index is 2.00. The lowest BCUT2D eigenvalue weighted by molar-refractivity contribution is 0.776. The van der Waals surface area contributed by atoms with Crippen LogP contribution in [0.3, 0.4) is 0 Å². The summed E-state index contributed by atoms with van der Waals surface area (Å²) in [6, 6.07) is 7.87. The van der Waals surface area contributed by atoms with Crippen LogP contribution < -0.4 is 5.32 Å². The normalized spacial score (nSPS) is 11.2. The van der Waals surface area contributed by atoms with E-state index in [9.17, 15) is 0 Å². The maximum absolute atomic E-state index is 6.14. The summed E-state index contributed by atoms with van der Waals surface area (Å²) in [5.74, 6) is 2.26. The van der Waals surface area contributed by atoms with Gasteiger partial charge in [0.15, 0.2) is 11.6 Å². The molecule has 102 valence electrons. The van der Waals surface area contributed by atoms with Gasteiger partial charge in [0, 0.05) is 11.3 Å². The van der Waals surface area contributed by atoms with Crippen molar-refractivity contribution in [3.8, 4) is 0 Å². The molecule has 0 bridgehead atoms. The molecule has 5 nitrogen and oxygen atoms in total. The Kier molecular flexibility index (Phi) is 3.28. The molecule has 2 N–H and O–H groups in total. The van der Waals surface area contributed by atoms with E-state index in [1.807, 2.05) is 38.1 Å². The molecule has 0 saturated carbocycles. The number of aromatic amines is 1. The summed E-state index contributed by atoms with van der Waals surface area (Å²) < 4.78 is 0. The van der Waals surface area contributed by atoms with Crippen LogP contribution >= 0.6 is 11.6 Å². The number of anilines is 2. The van der Waals surface area contributed by atoms with E-state index >= 15 is 0 Å². The van der Waals surface area contributed by atoms with Gasteiger partial charge in [-0.3, -0.25) is 5.10 Å². The first-order valence-corrected chi connectivity index (χ1v) is 6.75. The maximum Gasteiger partial charge on any atom is 0.161 e. The van der Waals surface area contributed by atoms with Gasteiger partial charge in [-0.25, -0.2) is 9.97 Å². The number of hydrogen-bond donors (Lipinski definition) is 2. The third-order valence-electron chi connectivity index (χ3n) is 2.99. The smallest absolute Gasteiger partial charge is 0.161 e. The molecule has 1 aromatic carbocycles. The monoisotopic (exact) mass is 287 g/mol. The van der Waals surface area contributed by atoms with E-state index < -0.39 is 0 Å². The van der Waals surface area contributed by atoms with Crippen molar-refractivity contribution in [1.82, 2.24) is 20.2 Å². The van der Waals surface area contributed by atoms with Crippen LogP contribution in [-0.4, -0.2) is 20.2 Å². The van der Waals surface area contributed by atoms with Gasteiger partial charge in [-0.15, -0.1) is 0 Å². The number of nitrogens with one attached hydrogen (secondary N) is 2. The average molecular weight is 288 g/mol. The van der Waals surface area contributed by atoms with Crippen molar-refractivity contribution in [2.75, 3.05) is 5.32 Å². The van der Waals surface area contributed by atoms with Gasteiger partial charge in [0.05, 0.1) is 11.7 Å². The van der Waals surface area contributed by atoms with Gasteiger partial charge in [-0.1, -0.05) is 37.6 Å². The zero-order valence-electron chi connectivity index (χ0n) is 11.2. The Bertz CT molecular complexity index is 750. The number of fused-ring (bicyclic) bond motifs is 1. The van der Waals surface area contributed by atoms with Gasteiger partial charge in [-0.05, 0) is 12.1 Å². The van der Waals surface area contributed by atoms with E-state index in [1.54, 1.807) is 6.20 Å². The van der Waals surface area contributed by atoms with Gasteiger partial charge >= 0.3 is 0 Å². The molecule has 0 spiro atoms. The Morgan fingerprint density at radius 2 is 2.00 bits per heavy atom. The molecule has 3 rings (SSSR count). The number of rotatable bonds is 3. The second-order valence-corrected chi connectivity index (χ2v) is 5.23. The van der Waals surface area contributed by atoms with E-state index in [2.05, 4.69) is 25.5 Å². The van der Waals surface area contributed by atoms with Crippen molar-refractivity contribution in [3.05, 3.63) is 41.3 Å². The fourth-order valence-electron chi connectivity index (χ4n) is 1.92. The van der Waals surface area contributed by atoms with E-state index in [-0.39, 0.29) is 5.92 Å². The molecule has 6 heteroatoms. The molecule has 2 aromatic heterocycles. The number of para-hydroxylation sites is 1. The highest BCUT2D eigenvalue weighted by Crippen LogP contribution is 2.27. The van der Waals surface area contributed by atoms with E-state index in [0.717, 1.165) is 16.7 Å². The standard InChI is InChI=1S/C14H14ClN5/c1-8(2)12-16-7-10(15)14(17-12)18-13-9-5-3-4-6-11(9)19-20-13/h3-8H,1-2H3,(H2,16,17,18,19,20). The van der Waals surface area contributed by atoms with Gasteiger partial charge in [0.2, 0.25) is 0 Å². The summed E-state index contributed by atoms with van der Waals surface area (Å²) in [6.07, 6.45) is 1.61. The van der Waals surface area contributed by atoms with Crippen LogP contribution in [0.15, 0.2) is 30.5 Å². The molecule has 20 heavy (non-hydrogen) atoms. The molecular weight excluding hydrogens is 274 g/mol. The lowest BCUT2D eigenvalue weighted by atomic mass is 10.2. The molecule has 0 amide bonds. The molecule has 0 fully saturated rings. The summed E-state index contributed by atoms with van der Waals surface area (Å²) in [6.45, 7) is 4.08. The highest BCUT2D eigenvalue weighted by molar-refractivity contribution is 6.32. The molecule has 0 aliphatic carbocycles. The van der Waals surface area contributed by atoms with E-state index in [0.29, 0.717) is 16.7 Å². The minimum absolute atomic E-state index is 0.240. The molecule has 0 saturated heterocycles. The van der Waals surface area contributed by atoms with Gasteiger partial charge in [-0.2, -0.15) is 5.10 Å². The maximum atomic E-state index is 6.14. The minimum atomic E-state index is 0.240. The van der Waals surface area contributed by atoms with Crippen LogP contribution in [0.25, 0.3) is 10.9 Å². The summed E-state index contributed by atoms with van der Waals surface area (Å²) in [5, 5.41) is 11.8. The molecular formula is C14H14ClN5. The highest BCUT2D eigenvalue weighted by Gasteiger charge is 2.11. The second-order valence-electron chi connectivity index (χ2n) is 4.82. The molecule has 2 heterocycles. The fraction of sp³-hybridized carbons (Fsp3) is 0.214. The Morgan fingerprint density at radius 3 is 2.80 bits per heavy atom. The summed E-state index contributed by atoms with van der Waals surface area (Å²) >= 11 is 6.14. The molecule has 0 aliphatic heterocycles. The minimum Gasteiger partial charge on any atom is -0.322 e. The summed E-state index contributed by atoms with van der Waals surface area (Å²) in [7, 11) is 0. The number of nitrogens with zero attached hydrogens (tertiary/aromatic N) is 3. The first kappa shape index (κ1) is 12.9. The number of hydrogen-bond acceptors (Lipinski definition) is 4. The van der Waals surface area contributed by atoms with Crippen LogP contribution in [0.1, 0.15) is 25.6 Å². The average Bonchev–Trinajstić information content (AvgIpc) is 2.84. The quantitative estimate of drug-likeness (QED) is 0.767. The van der Waals surface area contributed by atoms with E-state index in [4.69, 9.17) is 11.6 Å². The van der Waals surface area contributed by atoms with Crippen molar-refractivity contribution < 1.29 is 0 Å². The Morgan fingerprint density at radius 1 is 1.20 bits per heavy atom. The largest absolute Gasteiger partial charge is 0.322 e. The molecule has 0 unspecified atom stereocenters. The van der Waals surface area contributed by atoms with Crippen LogP contribution in [0.2, 0.25) is 5.02 Å². The Labute approximate surface area is 121 Å². The highest BCUT2D eigenvalue weighted by atomic mass is 35.5. The zero-order chi connectivity index (χ0) is 14.1. The van der Waals surface area contributed by atoms with Crippen molar-refractivity contribution in [3.63, 3.8) is 0 Å². The first-order chi connectivity index (χ1) is 9.65. The third kappa shape index (κ3) is 2.32. The SMILES string of the molecule is CC(C)c1ncc(Cl)c(Nc2n[nH]c3ccccc23)n1. The third-order valence-corrected chi connectivity index (χ3v) is 3.26.